The highest BCUT2D eigenvalue weighted by atomic mass is 19.3. The Morgan fingerprint density at radius 3 is 2.83 bits per heavy atom. The first-order valence-corrected chi connectivity index (χ1v) is 10.5. The normalized spacial score (nSPS) is 21.5. The highest BCUT2D eigenvalue weighted by molar-refractivity contribution is 6.00. The lowest BCUT2D eigenvalue weighted by Gasteiger charge is -2.24. The van der Waals surface area contributed by atoms with Gasteiger partial charge in [-0.1, -0.05) is 12.1 Å². The number of fused-ring (bicyclic) bond motifs is 1. The number of urea groups is 1. The molecule has 2 aliphatic heterocycles. The van der Waals surface area contributed by atoms with Crippen LogP contribution in [0.4, 0.5) is 34.1 Å². The monoisotopic (exact) mass is 489 g/mol. The summed E-state index contributed by atoms with van der Waals surface area (Å²) in [5.41, 5.74) is 0.519. The van der Waals surface area contributed by atoms with E-state index in [0.29, 0.717) is 0 Å². The summed E-state index contributed by atoms with van der Waals surface area (Å²) in [6, 6.07) is 6.08. The minimum absolute atomic E-state index is 0.0184. The third-order valence-corrected chi connectivity index (χ3v) is 5.70. The summed E-state index contributed by atoms with van der Waals surface area (Å²) in [5, 5.41) is 11.1. The van der Waals surface area contributed by atoms with Crippen LogP contribution in [0.3, 0.4) is 0 Å². The van der Waals surface area contributed by atoms with Crippen molar-refractivity contribution in [3.05, 3.63) is 54.2 Å². The first-order valence-electron chi connectivity index (χ1n) is 10.5. The molecule has 0 saturated carbocycles. The summed E-state index contributed by atoms with van der Waals surface area (Å²) in [5.74, 6) is -5.60. The van der Waals surface area contributed by atoms with Crippen molar-refractivity contribution < 1.29 is 32.3 Å². The molecule has 182 valence electrons. The molecule has 0 aliphatic carbocycles. The maximum absolute atomic E-state index is 14.8. The van der Waals surface area contributed by atoms with Crippen molar-refractivity contribution in [1.29, 1.82) is 0 Å². The molecule has 0 spiro atoms. The number of carbonyl (C=O) groups is 3. The zero-order valence-electron chi connectivity index (χ0n) is 17.9. The smallest absolute Gasteiger partial charge is 0.412 e. The first-order chi connectivity index (χ1) is 16.7. The van der Waals surface area contributed by atoms with Gasteiger partial charge in [-0.25, -0.2) is 32.3 Å². The van der Waals surface area contributed by atoms with Crippen molar-refractivity contribution in [3.8, 4) is 0 Å². The molecule has 14 heteroatoms. The number of imidazole rings is 1. The number of anilines is 2. The van der Waals surface area contributed by atoms with Crippen LogP contribution in [0.5, 0.6) is 0 Å². The average molecular weight is 489 g/mol. The number of nitrogens with zero attached hydrogens (tertiary/aromatic N) is 4. The Morgan fingerprint density at radius 2 is 2.06 bits per heavy atom. The van der Waals surface area contributed by atoms with Gasteiger partial charge in [-0.2, -0.15) is 5.10 Å². The minimum atomic E-state index is -3.43. The summed E-state index contributed by atoms with van der Waals surface area (Å²) >= 11 is 0. The van der Waals surface area contributed by atoms with Gasteiger partial charge in [0.2, 0.25) is 5.91 Å². The summed E-state index contributed by atoms with van der Waals surface area (Å²) < 4.78 is 49.7. The largest absolute Gasteiger partial charge is 0.438 e. The van der Waals surface area contributed by atoms with Crippen LogP contribution in [-0.2, 0) is 9.53 Å². The molecule has 2 aromatic heterocycles. The van der Waals surface area contributed by atoms with Crippen molar-refractivity contribution in [2.45, 2.75) is 17.9 Å². The van der Waals surface area contributed by atoms with E-state index in [1.807, 2.05) is 0 Å². The van der Waals surface area contributed by atoms with Crippen LogP contribution in [0.1, 0.15) is 11.6 Å². The molecule has 0 bridgehead atoms. The Bertz CT molecular complexity index is 1330. The van der Waals surface area contributed by atoms with Gasteiger partial charge in [-0.05, 0) is 18.2 Å². The third-order valence-electron chi connectivity index (χ3n) is 5.70. The molecule has 2 saturated heterocycles. The number of alkyl halides is 2. The molecule has 4 amide bonds. The fraction of sp³-hybridized carbons (Fsp3) is 0.286. The number of aromatic nitrogens is 3. The van der Waals surface area contributed by atoms with Gasteiger partial charge in [0.25, 0.3) is 0 Å². The van der Waals surface area contributed by atoms with Crippen LogP contribution in [0.2, 0.25) is 0 Å². The van der Waals surface area contributed by atoms with E-state index >= 15 is 0 Å². The lowest BCUT2D eigenvalue weighted by Crippen LogP contribution is -2.51. The number of para-hydroxylation sites is 1. The van der Waals surface area contributed by atoms with Crippen LogP contribution in [-0.4, -0.2) is 64.3 Å². The SMILES string of the molecule is O=C1NCC(c2cc(N3CC(OC(=O)Nc4ccccc4F)C(F)(F)C3)c3nccn3n2)C(=O)N1. The predicted octanol–water partition coefficient (Wildman–Crippen LogP) is 1.86. The van der Waals surface area contributed by atoms with Gasteiger partial charge in [-0.15, -0.1) is 0 Å². The number of hydrogen-bond acceptors (Lipinski definition) is 7. The fourth-order valence-corrected chi connectivity index (χ4v) is 3.98. The van der Waals surface area contributed by atoms with E-state index in [1.165, 1.54) is 46.1 Å². The topological polar surface area (TPSA) is 130 Å². The van der Waals surface area contributed by atoms with Crippen molar-refractivity contribution in [2.75, 3.05) is 29.9 Å². The second-order valence-corrected chi connectivity index (χ2v) is 8.04. The summed E-state index contributed by atoms with van der Waals surface area (Å²) in [4.78, 5) is 41.3. The number of amides is 4. The van der Waals surface area contributed by atoms with Gasteiger partial charge in [0, 0.05) is 18.9 Å². The van der Waals surface area contributed by atoms with Gasteiger partial charge in [0.1, 0.15) is 5.82 Å². The van der Waals surface area contributed by atoms with Crippen LogP contribution >= 0.6 is 0 Å². The molecule has 2 unspecified atom stereocenters. The molecule has 3 aromatic rings. The minimum Gasteiger partial charge on any atom is -0.438 e. The van der Waals surface area contributed by atoms with E-state index in [-0.39, 0.29) is 29.3 Å². The Morgan fingerprint density at radius 1 is 1.26 bits per heavy atom. The lowest BCUT2D eigenvalue weighted by molar-refractivity contribution is -0.122. The standard InChI is InChI=1S/C21H18F3N7O4/c22-12-3-1-2-4-13(12)27-20(34)35-16-9-30(10-21(16,23)24)15-7-14(29-31-6-5-25-17(15)31)11-8-26-19(33)28-18(11)32/h1-7,11,16H,8-10H2,(H,27,34)(H2,26,28,32,33). The molecule has 3 N–H and O–H groups in total. The molecule has 0 radical (unpaired) electrons. The van der Waals surface area contributed by atoms with Crippen LogP contribution in [0.15, 0.2) is 42.7 Å². The fourth-order valence-electron chi connectivity index (χ4n) is 3.98. The van der Waals surface area contributed by atoms with Gasteiger partial charge < -0.3 is 15.0 Å². The summed E-state index contributed by atoms with van der Waals surface area (Å²) in [6.07, 6.45) is -0.149. The number of halogens is 3. The number of rotatable bonds is 4. The van der Waals surface area contributed by atoms with E-state index in [0.717, 1.165) is 6.07 Å². The highest BCUT2D eigenvalue weighted by Gasteiger charge is 2.51. The maximum Gasteiger partial charge on any atom is 0.412 e. The van der Waals surface area contributed by atoms with Crippen LogP contribution in [0.25, 0.3) is 5.65 Å². The van der Waals surface area contributed by atoms with Crippen molar-refractivity contribution in [3.63, 3.8) is 0 Å². The molecule has 2 fully saturated rings. The number of ether oxygens (including phenoxy) is 1. The molecular weight excluding hydrogens is 471 g/mol. The van der Waals surface area contributed by atoms with Gasteiger partial charge in [-0.3, -0.25) is 15.4 Å². The molecule has 35 heavy (non-hydrogen) atoms. The summed E-state index contributed by atoms with van der Waals surface area (Å²) in [6.45, 7) is -1.21. The Balaban J connectivity index is 1.39. The van der Waals surface area contributed by atoms with Gasteiger partial charge in [0.15, 0.2) is 11.8 Å². The van der Waals surface area contributed by atoms with E-state index in [4.69, 9.17) is 4.74 Å². The molecule has 4 heterocycles. The number of hydrogen-bond donors (Lipinski definition) is 3. The maximum atomic E-state index is 14.8. The molecule has 2 atom stereocenters. The number of nitrogens with one attached hydrogen (secondary N) is 3. The second-order valence-electron chi connectivity index (χ2n) is 8.04. The quantitative estimate of drug-likeness (QED) is 0.510. The summed E-state index contributed by atoms with van der Waals surface area (Å²) in [7, 11) is 0. The zero-order valence-corrected chi connectivity index (χ0v) is 17.9. The lowest BCUT2D eigenvalue weighted by atomic mass is 10.0. The average Bonchev–Trinajstić information content (AvgIpc) is 3.38. The van der Waals surface area contributed by atoms with Gasteiger partial charge in [0.05, 0.1) is 36.1 Å². The number of carbonyl (C=O) groups excluding carboxylic acids is 3. The van der Waals surface area contributed by atoms with E-state index < -0.39 is 54.9 Å². The van der Waals surface area contributed by atoms with E-state index in [1.54, 1.807) is 0 Å². The zero-order chi connectivity index (χ0) is 24.7. The molecular formula is C21H18F3N7O4. The molecule has 5 rings (SSSR count). The van der Waals surface area contributed by atoms with Crippen LogP contribution < -0.4 is 20.9 Å². The van der Waals surface area contributed by atoms with E-state index in [9.17, 15) is 27.6 Å². The van der Waals surface area contributed by atoms with Crippen molar-refractivity contribution in [1.82, 2.24) is 25.2 Å². The molecule has 2 aliphatic rings. The number of imide groups is 1. The van der Waals surface area contributed by atoms with Gasteiger partial charge >= 0.3 is 18.0 Å². The number of benzene rings is 1. The highest BCUT2D eigenvalue weighted by Crippen LogP contribution is 2.36. The van der Waals surface area contributed by atoms with Crippen molar-refractivity contribution in [2.24, 2.45) is 0 Å². The Kier molecular flexibility index (Phi) is 5.42. The second kappa shape index (κ2) is 8.45. The van der Waals surface area contributed by atoms with Crippen molar-refractivity contribution >= 4 is 35.1 Å². The first kappa shape index (κ1) is 22.4. The molecule has 1 aromatic carbocycles. The van der Waals surface area contributed by atoms with E-state index in [2.05, 4.69) is 26.0 Å². The third kappa shape index (κ3) is 4.29. The predicted molar refractivity (Wildman–Crippen MR) is 115 cm³/mol. The molecule has 11 nitrogen and oxygen atoms in total. The van der Waals surface area contributed by atoms with Crippen LogP contribution in [0, 0.1) is 5.82 Å². The Hall–Kier alpha value is -4.36. The Labute approximate surface area is 195 Å².